The standard InChI is InChI=1S/C13H14BrN3O2/c14-9-4-1-5-15-11(9)13(19)17-6-2-3-8-10(17)7-16-12(8)18/h1,4-5,8,10H,2-3,6-7H2,(H,16,18). The number of hydrogen-bond donors (Lipinski definition) is 1. The quantitative estimate of drug-likeness (QED) is 0.844. The molecule has 2 atom stereocenters. The molecule has 0 bridgehead atoms. The summed E-state index contributed by atoms with van der Waals surface area (Å²) >= 11 is 3.36. The van der Waals surface area contributed by atoms with Gasteiger partial charge in [0, 0.05) is 23.8 Å². The van der Waals surface area contributed by atoms with E-state index in [-0.39, 0.29) is 23.8 Å². The van der Waals surface area contributed by atoms with Gasteiger partial charge in [-0.3, -0.25) is 9.59 Å². The molecule has 2 aliphatic heterocycles. The second-order valence-electron chi connectivity index (χ2n) is 4.89. The van der Waals surface area contributed by atoms with Crippen LogP contribution in [0.25, 0.3) is 0 Å². The second kappa shape index (κ2) is 4.92. The van der Waals surface area contributed by atoms with Crippen molar-refractivity contribution in [1.29, 1.82) is 0 Å². The van der Waals surface area contributed by atoms with Gasteiger partial charge in [-0.15, -0.1) is 0 Å². The number of likely N-dealkylation sites (tertiary alicyclic amines) is 1. The molecule has 100 valence electrons. The number of pyridine rings is 1. The minimum Gasteiger partial charge on any atom is -0.354 e. The Hall–Kier alpha value is -1.43. The first-order chi connectivity index (χ1) is 9.18. The Morgan fingerprint density at radius 2 is 2.37 bits per heavy atom. The molecule has 0 aromatic carbocycles. The normalized spacial score (nSPS) is 25.9. The average molecular weight is 324 g/mol. The van der Waals surface area contributed by atoms with Crippen molar-refractivity contribution in [1.82, 2.24) is 15.2 Å². The van der Waals surface area contributed by atoms with Crippen LogP contribution in [0.3, 0.4) is 0 Å². The zero-order valence-electron chi connectivity index (χ0n) is 10.3. The molecule has 1 aromatic heterocycles. The summed E-state index contributed by atoms with van der Waals surface area (Å²) in [6.45, 7) is 1.25. The Balaban J connectivity index is 1.87. The first-order valence-corrected chi connectivity index (χ1v) is 7.17. The van der Waals surface area contributed by atoms with Gasteiger partial charge in [-0.2, -0.15) is 0 Å². The van der Waals surface area contributed by atoms with Crippen LogP contribution in [0.15, 0.2) is 22.8 Å². The number of aromatic nitrogens is 1. The summed E-state index contributed by atoms with van der Waals surface area (Å²) in [5, 5.41) is 2.85. The Morgan fingerprint density at radius 3 is 3.16 bits per heavy atom. The third-order valence-electron chi connectivity index (χ3n) is 3.82. The van der Waals surface area contributed by atoms with E-state index in [9.17, 15) is 9.59 Å². The molecule has 2 amide bonds. The van der Waals surface area contributed by atoms with E-state index in [2.05, 4.69) is 26.2 Å². The van der Waals surface area contributed by atoms with Crippen LogP contribution in [0.2, 0.25) is 0 Å². The Morgan fingerprint density at radius 1 is 1.53 bits per heavy atom. The minimum absolute atomic E-state index is 0.0253. The fourth-order valence-corrected chi connectivity index (χ4v) is 3.31. The largest absolute Gasteiger partial charge is 0.354 e. The van der Waals surface area contributed by atoms with Crippen LogP contribution in [0, 0.1) is 5.92 Å². The topological polar surface area (TPSA) is 62.3 Å². The number of nitrogens with one attached hydrogen (secondary N) is 1. The van der Waals surface area contributed by atoms with Crippen LogP contribution in [0.4, 0.5) is 0 Å². The average Bonchev–Trinajstić information content (AvgIpc) is 2.80. The molecule has 19 heavy (non-hydrogen) atoms. The summed E-state index contributed by atoms with van der Waals surface area (Å²) in [5.74, 6) is -0.0820. The molecule has 2 saturated heterocycles. The van der Waals surface area contributed by atoms with Gasteiger partial charge in [-0.1, -0.05) is 0 Å². The molecule has 1 aromatic rings. The number of hydrogen-bond acceptors (Lipinski definition) is 3. The van der Waals surface area contributed by atoms with Gasteiger partial charge in [0.05, 0.1) is 12.0 Å². The van der Waals surface area contributed by atoms with Crippen LogP contribution in [-0.2, 0) is 4.79 Å². The van der Waals surface area contributed by atoms with Crippen molar-refractivity contribution in [3.8, 4) is 0 Å². The molecule has 0 radical (unpaired) electrons. The third kappa shape index (κ3) is 2.14. The maximum absolute atomic E-state index is 12.6. The van der Waals surface area contributed by atoms with Gasteiger partial charge in [-0.25, -0.2) is 4.98 Å². The molecule has 1 N–H and O–H groups in total. The Labute approximate surface area is 119 Å². The zero-order chi connectivity index (χ0) is 13.4. The van der Waals surface area contributed by atoms with Crippen molar-refractivity contribution in [2.24, 2.45) is 5.92 Å². The highest BCUT2D eigenvalue weighted by Gasteiger charge is 2.43. The van der Waals surface area contributed by atoms with Crippen molar-refractivity contribution in [2.45, 2.75) is 18.9 Å². The predicted molar refractivity (Wildman–Crippen MR) is 72.5 cm³/mol. The van der Waals surface area contributed by atoms with Gasteiger partial charge in [0.15, 0.2) is 0 Å². The van der Waals surface area contributed by atoms with Crippen molar-refractivity contribution in [3.63, 3.8) is 0 Å². The lowest BCUT2D eigenvalue weighted by Crippen LogP contribution is -2.49. The number of nitrogens with zero attached hydrogens (tertiary/aromatic N) is 2. The zero-order valence-corrected chi connectivity index (χ0v) is 11.9. The highest BCUT2D eigenvalue weighted by Crippen LogP contribution is 2.29. The van der Waals surface area contributed by atoms with Gasteiger partial charge in [0.1, 0.15) is 5.69 Å². The van der Waals surface area contributed by atoms with Crippen LogP contribution < -0.4 is 5.32 Å². The maximum atomic E-state index is 12.6. The molecule has 0 saturated carbocycles. The fourth-order valence-electron chi connectivity index (χ4n) is 2.88. The molecule has 3 heterocycles. The molecular formula is C13H14BrN3O2. The molecule has 6 heteroatoms. The smallest absolute Gasteiger partial charge is 0.273 e. The number of halogens is 1. The van der Waals surface area contributed by atoms with E-state index in [0.29, 0.717) is 23.3 Å². The van der Waals surface area contributed by atoms with Gasteiger partial charge < -0.3 is 10.2 Å². The summed E-state index contributed by atoms with van der Waals surface area (Å²) < 4.78 is 0.694. The molecular weight excluding hydrogens is 310 g/mol. The number of rotatable bonds is 1. The van der Waals surface area contributed by atoms with E-state index in [1.54, 1.807) is 23.2 Å². The van der Waals surface area contributed by atoms with Crippen molar-refractivity contribution >= 4 is 27.7 Å². The first kappa shape index (κ1) is 12.6. The summed E-state index contributed by atoms with van der Waals surface area (Å²) in [7, 11) is 0. The highest BCUT2D eigenvalue weighted by molar-refractivity contribution is 9.10. The molecule has 0 spiro atoms. The summed E-state index contributed by atoms with van der Waals surface area (Å²) in [6.07, 6.45) is 3.34. The molecule has 2 unspecified atom stereocenters. The third-order valence-corrected chi connectivity index (χ3v) is 4.46. The van der Waals surface area contributed by atoms with E-state index >= 15 is 0 Å². The lowest BCUT2D eigenvalue weighted by atomic mass is 9.91. The lowest BCUT2D eigenvalue weighted by Gasteiger charge is -2.35. The van der Waals surface area contributed by atoms with E-state index < -0.39 is 0 Å². The van der Waals surface area contributed by atoms with Crippen molar-refractivity contribution in [3.05, 3.63) is 28.5 Å². The number of amides is 2. The summed E-state index contributed by atoms with van der Waals surface area (Å²) in [5.41, 5.74) is 0.419. The van der Waals surface area contributed by atoms with Gasteiger partial charge in [0.25, 0.3) is 5.91 Å². The van der Waals surface area contributed by atoms with Crippen LogP contribution >= 0.6 is 15.9 Å². The fraction of sp³-hybridized carbons (Fsp3) is 0.462. The Kier molecular flexibility index (Phi) is 3.26. The Bertz CT molecular complexity index is 534. The first-order valence-electron chi connectivity index (χ1n) is 6.37. The number of carbonyl (C=O) groups excluding carboxylic acids is 2. The van der Waals surface area contributed by atoms with Crippen LogP contribution in [0.5, 0.6) is 0 Å². The summed E-state index contributed by atoms with van der Waals surface area (Å²) in [4.78, 5) is 30.2. The predicted octanol–water partition coefficient (Wildman–Crippen LogP) is 1.19. The minimum atomic E-state index is -0.0984. The SMILES string of the molecule is O=C1NCC2C1CCCN2C(=O)c1ncccc1Br. The van der Waals surface area contributed by atoms with Gasteiger partial charge in [-0.05, 0) is 40.9 Å². The maximum Gasteiger partial charge on any atom is 0.273 e. The van der Waals surface area contributed by atoms with Crippen molar-refractivity contribution in [2.75, 3.05) is 13.1 Å². The van der Waals surface area contributed by atoms with Crippen molar-refractivity contribution < 1.29 is 9.59 Å². The highest BCUT2D eigenvalue weighted by atomic mass is 79.9. The molecule has 5 nitrogen and oxygen atoms in total. The molecule has 2 fully saturated rings. The van der Waals surface area contributed by atoms with Crippen LogP contribution in [0.1, 0.15) is 23.3 Å². The van der Waals surface area contributed by atoms with E-state index in [0.717, 1.165) is 12.8 Å². The molecule has 3 rings (SSSR count). The van der Waals surface area contributed by atoms with E-state index in [1.807, 2.05) is 0 Å². The lowest BCUT2D eigenvalue weighted by molar-refractivity contribution is -0.123. The monoisotopic (exact) mass is 323 g/mol. The summed E-state index contributed by atoms with van der Waals surface area (Å²) in [6, 6.07) is 3.56. The number of piperidine rings is 1. The van der Waals surface area contributed by atoms with E-state index in [4.69, 9.17) is 0 Å². The number of carbonyl (C=O) groups is 2. The van der Waals surface area contributed by atoms with Gasteiger partial charge in [0.2, 0.25) is 5.91 Å². The van der Waals surface area contributed by atoms with E-state index in [1.165, 1.54) is 0 Å². The van der Waals surface area contributed by atoms with Crippen LogP contribution in [-0.4, -0.2) is 40.8 Å². The second-order valence-corrected chi connectivity index (χ2v) is 5.75. The molecule has 2 aliphatic rings. The van der Waals surface area contributed by atoms with Gasteiger partial charge >= 0.3 is 0 Å². The molecule has 0 aliphatic carbocycles. The number of fused-ring (bicyclic) bond motifs is 1.